The predicted molar refractivity (Wildman–Crippen MR) is 88.7 cm³/mol. The molecule has 3 amide bonds. The second-order valence-corrected chi connectivity index (χ2v) is 8.11. The maximum absolute atomic E-state index is 12.6. The molecule has 0 unspecified atom stereocenters. The van der Waals surface area contributed by atoms with E-state index >= 15 is 0 Å². The first-order valence-electron chi connectivity index (χ1n) is 9.37. The standard InChI is InChI=1S/C19H26N2O3/c22-16(20-12-15-10-13-3-4-14(15)9-13)5-8-21-17(23)11-19(18(21)24)6-1-2-7-19/h3-4,13-15H,1-2,5-12H2,(H,20,22)/t13-,14+,15+/m1/s1. The second kappa shape index (κ2) is 6.01. The smallest absolute Gasteiger partial charge is 0.235 e. The van der Waals surface area contributed by atoms with Crippen molar-refractivity contribution in [1.82, 2.24) is 10.2 Å². The third-order valence-electron chi connectivity index (χ3n) is 6.59. The molecule has 24 heavy (non-hydrogen) atoms. The third kappa shape index (κ3) is 2.68. The molecule has 5 heteroatoms. The van der Waals surface area contributed by atoms with E-state index in [1.54, 1.807) is 0 Å². The molecule has 0 radical (unpaired) electrons. The highest BCUT2D eigenvalue weighted by Gasteiger charge is 2.52. The van der Waals surface area contributed by atoms with Crippen molar-refractivity contribution in [3.8, 4) is 0 Å². The van der Waals surface area contributed by atoms with Crippen LogP contribution < -0.4 is 5.32 Å². The SMILES string of the molecule is O=C(CCN1C(=O)CC2(CCCC2)C1=O)NC[C@@H]1C[C@@H]2C=C[C@H]1C2. The van der Waals surface area contributed by atoms with Crippen LogP contribution in [-0.2, 0) is 14.4 Å². The van der Waals surface area contributed by atoms with E-state index in [0.717, 1.165) is 32.2 Å². The van der Waals surface area contributed by atoms with Gasteiger partial charge in [0.1, 0.15) is 0 Å². The van der Waals surface area contributed by atoms with Crippen molar-refractivity contribution in [3.05, 3.63) is 12.2 Å². The minimum Gasteiger partial charge on any atom is -0.356 e. The van der Waals surface area contributed by atoms with Crippen LogP contribution in [0.2, 0.25) is 0 Å². The first kappa shape index (κ1) is 15.9. The monoisotopic (exact) mass is 330 g/mol. The van der Waals surface area contributed by atoms with Crippen LogP contribution in [0.4, 0.5) is 0 Å². The van der Waals surface area contributed by atoms with Gasteiger partial charge in [-0.2, -0.15) is 0 Å². The van der Waals surface area contributed by atoms with E-state index < -0.39 is 5.41 Å². The van der Waals surface area contributed by atoms with Crippen LogP contribution in [0.1, 0.15) is 51.4 Å². The molecule has 3 aliphatic carbocycles. The Morgan fingerprint density at radius 3 is 2.67 bits per heavy atom. The van der Waals surface area contributed by atoms with Crippen LogP contribution in [0.5, 0.6) is 0 Å². The van der Waals surface area contributed by atoms with Crippen LogP contribution in [-0.4, -0.2) is 35.7 Å². The maximum atomic E-state index is 12.6. The highest BCUT2D eigenvalue weighted by molar-refractivity contribution is 6.06. The van der Waals surface area contributed by atoms with Gasteiger partial charge in [-0.3, -0.25) is 19.3 Å². The molecule has 1 spiro atoms. The number of rotatable bonds is 5. The Morgan fingerprint density at radius 2 is 2.00 bits per heavy atom. The summed E-state index contributed by atoms with van der Waals surface area (Å²) in [5.74, 6) is 1.72. The van der Waals surface area contributed by atoms with Crippen molar-refractivity contribution in [3.63, 3.8) is 0 Å². The van der Waals surface area contributed by atoms with Gasteiger partial charge in [0, 0.05) is 25.9 Å². The Hall–Kier alpha value is -1.65. The summed E-state index contributed by atoms with van der Waals surface area (Å²) in [6, 6.07) is 0. The predicted octanol–water partition coefficient (Wildman–Crippen LogP) is 2.02. The molecular formula is C19H26N2O3. The van der Waals surface area contributed by atoms with Gasteiger partial charge in [0.25, 0.3) is 0 Å². The van der Waals surface area contributed by atoms with E-state index in [4.69, 9.17) is 0 Å². The van der Waals surface area contributed by atoms with E-state index in [1.165, 1.54) is 17.7 Å². The minimum absolute atomic E-state index is 0.0314. The highest BCUT2D eigenvalue weighted by atomic mass is 16.2. The first-order valence-corrected chi connectivity index (χ1v) is 9.37. The number of carbonyl (C=O) groups excluding carboxylic acids is 3. The summed E-state index contributed by atoms with van der Waals surface area (Å²) in [5.41, 5.74) is -0.428. The van der Waals surface area contributed by atoms with Gasteiger partial charge in [0.2, 0.25) is 17.7 Å². The normalized spacial score (nSPS) is 33.2. The molecule has 1 aliphatic heterocycles. The molecule has 130 valence electrons. The van der Waals surface area contributed by atoms with Crippen LogP contribution in [0.25, 0.3) is 0 Å². The van der Waals surface area contributed by atoms with Gasteiger partial charge in [0.15, 0.2) is 0 Å². The van der Waals surface area contributed by atoms with E-state index in [1.807, 2.05) is 0 Å². The molecule has 2 saturated carbocycles. The van der Waals surface area contributed by atoms with Crippen LogP contribution >= 0.6 is 0 Å². The largest absolute Gasteiger partial charge is 0.356 e. The number of likely N-dealkylation sites (tertiary alicyclic amines) is 1. The van der Waals surface area contributed by atoms with Crippen LogP contribution in [0, 0.1) is 23.2 Å². The molecular weight excluding hydrogens is 304 g/mol. The van der Waals surface area contributed by atoms with E-state index in [9.17, 15) is 14.4 Å². The summed E-state index contributed by atoms with van der Waals surface area (Å²) >= 11 is 0. The Kier molecular flexibility index (Phi) is 3.97. The minimum atomic E-state index is -0.428. The van der Waals surface area contributed by atoms with Gasteiger partial charge in [-0.15, -0.1) is 0 Å². The lowest BCUT2D eigenvalue weighted by atomic mass is 9.84. The summed E-state index contributed by atoms with van der Waals surface area (Å²) < 4.78 is 0. The summed E-state index contributed by atoms with van der Waals surface area (Å²) in [6.07, 6.45) is 11.3. The zero-order valence-corrected chi connectivity index (χ0v) is 14.1. The number of fused-ring (bicyclic) bond motifs is 2. The number of hydrogen-bond acceptors (Lipinski definition) is 3. The Bertz CT molecular complexity index is 591. The lowest BCUT2D eigenvalue weighted by Crippen LogP contribution is -2.38. The van der Waals surface area contributed by atoms with Crippen molar-refractivity contribution in [2.24, 2.45) is 23.2 Å². The van der Waals surface area contributed by atoms with Gasteiger partial charge in [-0.05, 0) is 43.4 Å². The summed E-state index contributed by atoms with van der Waals surface area (Å²) in [4.78, 5) is 38.2. The average molecular weight is 330 g/mol. The lowest BCUT2D eigenvalue weighted by Gasteiger charge is -2.21. The average Bonchev–Trinajstić information content (AvgIpc) is 3.32. The van der Waals surface area contributed by atoms with Gasteiger partial charge < -0.3 is 5.32 Å². The Balaban J connectivity index is 1.24. The molecule has 0 aromatic heterocycles. The summed E-state index contributed by atoms with van der Waals surface area (Å²) in [7, 11) is 0. The molecule has 1 N–H and O–H groups in total. The summed E-state index contributed by atoms with van der Waals surface area (Å²) in [5, 5.41) is 3.00. The Morgan fingerprint density at radius 1 is 1.21 bits per heavy atom. The quantitative estimate of drug-likeness (QED) is 0.619. The van der Waals surface area contributed by atoms with Gasteiger partial charge >= 0.3 is 0 Å². The number of imide groups is 1. The fourth-order valence-corrected chi connectivity index (χ4v) is 5.20. The summed E-state index contributed by atoms with van der Waals surface area (Å²) in [6.45, 7) is 0.956. The molecule has 4 aliphatic rings. The molecule has 3 fully saturated rings. The van der Waals surface area contributed by atoms with Crippen LogP contribution in [0.15, 0.2) is 12.2 Å². The Labute approximate surface area is 142 Å². The number of hydrogen-bond donors (Lipinski definition) is 1. The number of carbonyl (C=O) groups is 3. The molecule has 1 heterocycles. The zero-order chi connectivity index (χ0) is 16.7. The fourth-order valence-electron chi connectivity index (χ4n) is 5.20. The highest BCUT2D eigenvalue weighted by Crippen LogP contribution is 2.47. The number of nitrogens with zero attached hydrogens (tertiary/aromatic N) is 1. The van der Waals surface area contributed by atoms with Crippen LogP contribution in [0.3, 0.4) is 0 Å². The maximum Gasteiger partial charge on any atom is 0.235 e. The fraction of sp³-hybridized carbons (Fsp3) is 0.737. The van der Waals surface area contributed by atoms with Crippen molar-refractivity contribution in [1.29, 1.82) is 0 Å². The molecule has 0 aromatic carbocycles. The van der Waals surface area contributed by atoms with Crippen molar-refractivity contribution in [2.45, 2.75) is 51.4 Å². The van der Waals surface area contributed by atoms with Crippen molar-refractivity contribution >= 4 is 17.7 Å². The number of nitrogens with one attached hydrogen (secondary N) is 1. The number of amides is 3. The first-order chi connectivity index (χ1) is 11.6. The number of allylic oxidation sites excluding steroid dienone is 2. The molecule has 2 bridgehead atoms. The topological polar surface area (TPSA) is 66.5 Å². The lowest BCUT2D eigenvalue weighted by molar-refractivity contribution is -0.141. The molecule has 5 nitrogen and oxygen atoms in total. The van der Waals surface area contributed by atoms with E-state index in [0.29, 0.717) is 24.2 Å². The van der Waals surface area contributed by atoms with Gasteiger partial charge in [0.05, 0.1) is 5.41 Å². The van der Waals surface area contributed by atoms with E-state index in [2.05, 4.69) is 17.5 Å². The second-order valence-electron chi connectivity index (χ2n) is 8.11. The third-order valence-corrected chi connectivity index (χ3v) is 6.59. The van der Waals surface area contributed by atoms with Crippen molar-refractivity contribution in [2.75, 3.05) is 13.1 Å². The zero-order valence-electron chi connectivity index (χ0n) is 14.1. The van der Waals surface area contributed by atoms with E-state index in [-0.39, 0.29) is 30.7 Å². The van der Waals surface area contributed by atoms with Crippen molar-refractivity contribution < 1.29 is 14.4 Å². The molecule has 1 saturated heterocycles. The van der Waals surface area contributed by atoms with Gasteiger partial charge in [-0.25, -0.2) is 0 Å². The molecule has 3 atom stereocenters. The molecule has 0 aromatic rings. The molecule has 4 rings (SSSR count). The van der Waals surface area contributed by atoms with Gasteiger partial charge in [-0.1, -0.05) is 25.0 Å².